The minimum absolute atomic E-state index is 0.0930. The summed E-state index contributed by atoms with van der Waals surface area (Å²) in [6, 6.07) is 0.796. The Morgan fingerprint density at radius 3 is 2.59 bits per heavy atom. The molecule has 0 aromatic carbocycles. The van der Waals surface area contributed by atoms with Gasteiger partial charge in [0, 0.05) is 65.4 Å². The van der Waals surface area contributed by atoms with Crippen LogP contribution in [0.25, 0.3) is 0 Å². The number of rotatable bonds is 4. The lowest BCUT2D eigenvalue weighted by molar-refractivity contribution is -0.143. The van der Waals surface area contributed by atoms with Crippen molar-refractivity contribution in [3.05, 3.63) is 0 Å². The fourth-order valence-corrected chi connectivity index (χ4v) is 3.98. The van der Waals surface area contributed by atoms with Gasteiger partial charge < -0.3 is 14.7 Å². The van der Waals surface area contributed by atoms with Gasteiger partial charge in [0.25, 0.3) is 0 Å². The van der Waals surface area contributed by atoms with Crippen molar-refractivity contribution in [2.75, 3.05) is 80.0 Å². The molecule has 126 valence electrons. The van der Waals surface area contributed by atoms with Crippen LogP contribution in [-0.2, 0) is 4.79 Å². The van der Waals surface area contributed by atoms with Crippen LogP contribution in [0.2, 0.25) is 0 Å². The highest BCUT2D eigenvalue weighted by molar-refractivity contribution is 5.82. The molecule has 0 saturated carbocycles. The summed E-state index contributed by atoms with van der Waals surface area (Å²) < 4.78 is 0. The lowest BCUT2D eigenvalue weighted by Gasteiger charge is -2.45. The third-order valence-corrected chi connectivity index (χ3v) is 5.72. The second-order valence-electron chi connectivity index (χ2n) is 7.30. The summed E-state index contributed by atoms with van der Waals surface area (Å²) >= 11 is 0. The zero-order valence-corrected chi connectivity index (χ0v) is 14.4. The SMILES string of the molecule is CN1CCC(N(C)CCN2CCN3CCN(C)C(=O)C3C2)C1. The lowest BCUT2D eigenvalue weighted by Crippen LogP contribution is -2.64. The first-order valence-corrected chi connectivity index (χ1v) is 8.65. The molecule has 0 radical (unpaired) electrons. The normalized spacial score (nSPS) is 32.0. The van der Waals surface area contributed by atoms with Gasteiger partial charge in [-0.05, 0) is 27.1 Å². The van der Waals surface area contributed by atoms with E-state index >= 15 is 0 Å². The van der Waals surface area contributed by atoms with Gasteiger partial charge in [-0.25, -0.2) is 0 Å². The van der Waals surface area contributed by atoms with Crippen LogP contribution in [0, 0.1) is 0 Å². The summed E-state index contributed by atoms with van der Waals surface area (Å²) in [6.45, 7) is 9.57. The van der Waals surface area contributed by atoms with Crippen LogP contribution in [0.3, 0.4) is 0 Å². The summed E-state index contributed by atoms with van der Waals surface area (Å²) in [7, 11) is 6.39. The molecule has 0 bridgehead atoms. The van der Waals surface area contributed by atoms with Gasteiger partial charge >= 0.3 is 0 Å². The summed E-state index contributed by atoms with van der Waals surface area (Å²) in [6.07, 6.45) is 1.28. The Bertz CT molecular complexity index is 404. The number of nitrogens with zero attached hydrogens (tertiary/aromatic N) is 5. The number of fused-ring (bicyclic) bond motifs is 1. The first-order valence-electron chi connectivity index (χ1n) is 8.65. The van der Waals surface area contributed by atoms with Crippen LogP contribution in [0.5, 0.6) is 0 Å². The number of hydrogen-bond acceptors (Lipinski definition) is 5. The van der Waals surface area contributed by atoms with Gasteiger partial charge in [0.05, 0.1) is 0 Å². The number of carbonyl (C=O) groups is 1. The van der Waals surface area contributed by atoms with Gasteiger partial charge in [-0.1, -0.05) is 0 Å². The third kappa shape index (κ3) is 3.45. The van der Waals surface area contributed by atoms with Gasteiger partial charge in [-0.3, -0.25) is 14.6 Å². The van der Waals surface area contributed by atoms with E-state index in [9.17, 15) is 4.79 Å². The van der Waals surface area contributed by atoms with Crippen molar-refractivity contribution >= 4 is 5.91 Å². The van der Waals surface area contributed by atoms with E-state index in [1.165, 1.54) is 19.5 Å². The molecule has 1 amide bonds. The molecule has 2 atom stereocenters. The Morgan fingerprint density at radius 1 is 1.09 bits per heavy atom. The Kier molecular flexibility index (Phi) is 5.02. The minimum atomic E-state index is 0.0930. The van der Waals surface area contributed by atoms with E-state index in [-0.39, 0.29) is 6.04 Å². The van der Waals surface area contributed by atoms with Crippen LogP contribution >= 0.6 is 0 Å². The van der Waals surface area contributed by atoms with Gasteiger partial charge in [0.15, 0.2) is 0 Å². The van der Waals surface area contributed by atoms with Crippen LogP contribution in [-0.4, -0.2) is 123 Å². The monoisotopic (exact) mass is 309 g/mol. The van der Waals surface area contributed by atoms with Gasteiger partial charge in [0.2, 0.25) is 5.91 Å². The average molecular weight is 309 g/mol. The Morgan fingerprint density at radius 2 is 1.86 bits per heavy atom. The molecule has 3 aliphatic rings. The molecule has 6 heteroatoms. The highest BCUT2D eigenvalue weighted by Crippen LogP contribution is 2.17. The lowest BCUT2D eigenvalue weighted by atomic mass is 10.1. The molecule has 3 saturated heterocycles. The first kappa shape index (κ1) is 16.2. The molecule has 3 heterocycles. The number of likely N-dealkylation sites (tertiary alicyclic amines) is 1. The number of piperazine rings is 2. The van der Waals surface area contributed by atoms with E-state index in [0.29, 0.717) is 11.9 Å². The van der Waals surface area contributed by atoms with Crippen LogP contribution in [0.1, 0.15) is 6.42 Å². The van der Waals surface area contributed by atoms with E-state index in [2.05, 4.69) is 33.7 Å². The summed E-state index contributed by atoms with van der Waals surface area (Å²) in [5.74, 6) is 0.307. The number of carbonyl (C=O) groups excluding carboxylic acids is 1. The fraction of sp³-hybridized carbons (Fsp3) is 0.938. The predicted molar refractivity (Wildman–Crippen MR) is 88.0 cm³/mol. The molecule has 0 aliphatic carbocycles. The van der Waals surface area contributed by atoms with Crippen molar-refractivity contribution in [2.24, 2.45) is 0 Å². The Balaban J connectivity index is 1.46. The zero-order chi connectivity index (χ0) is 15.7. The van der Waals surface area contributed by atoms with Gasteiger partial charge in [0.1, 0.15) is 6.04 Å². The van der Waals surface area contributed by atoms with Crippen molar-refractivity contribution in [1.82, 2.24) is 24.5 Å². The molecular formula is C16H31N5O. The molecule has 6 nitrogen and oxygen atoms in total. The molecule has 0 spiro atoms. The predicted octanol–water partition coefficient (Wildman–Crippen LogP) is -0.919. The molecule has 22 heavy (non-hydrogen) atoms. The van der Waals surface area contributed by atoms with Crippen LogP contribution in [0.4, 0.5) is 0 Å². The van der Waals surface area contributed by atoms with Crippen molar-refractivity contribution in [2.45, 2.75) is 18.5 Å². The molecule has 3 aliphatic heterocycles. The van der Waals surface area contributed by atoms with E-state index < -0.39 is 0 Å². The summed E-state index contributed by atoms with van der Waals surface area (Å²) in [5, 5.41) is 0. The maximum atomic E-state index is 12.3. The van der Waals surface area contributed by atoms with E-state index in [0.717, 1.165) is 45.8 Å². The maximum Gasteiger partial charge on any atom is 0.241 e. The number of amides is 1. The standard InChI is InChI=1S/C16H31N5O/c1-17-5-4-14(12-17)18(2)6-8-20-9-11-21-10-7-19(3)16(22)15(21)13-20/h14-15H,4-13H2,1-3H3. The van der Waals surface area contributed by atoms with Crippen molar-refractivity contribution in [3.63, 3.8) is 0 Å². The smallest absolute Gasteiger partial charge is 0.241 e. The Labute approximate surface area is 134 Å². The quantitative estimate of drug-likeness (QED) is 0.671. The Hall–Kier alpha value is -0.690. The highest BCUT2D eigenvalue weighted by Gasteiger charge is 2.37. The first-order chi connectivity index (χ1) is 10.5. The fourth-order valence-electron chi connectivity index (χ4n) is 3.98. The molecule has 0 N–H and O–H groups in total. The molecule has 2 unspecified atom stereocenters. The molecular weight excluding hydrogens is 278 g/mol. The van der Waals surface area contributed by atoms with Crippen LogP contribution < -0.4 is 0 Å². The summed E-state index contributed by atoms with van der Waals surface area (Å²) in [5.41, 5.74) is 0. The minimum Gasteiger partial charge on any atom is -0.343 e. The number of hydrogen-bond donors (Lipinski definition) is 0. The largest absolute Gasteiger partial charge is 0.343 e. The van der Waals surface area contributed by atoms with Crippen molar-refractivity contribution in [1.29, 1.82) is 0 Å². The van der Waals surface area contributed by atoms with Crippen LogP contribution in [0.15, 0.2) is 0 Å². The van der Waals surface area contributed by atoms with Crippen molar-refractivity contribution < 1.29 is 4.79 Å². The average Bonchev–Trinajstić information content (AvgIpc) is 2.95. The number of likely N-dealkylation sites (N-methyl/N-ethyl adjacent to an activating group) is 3. The molecule has 0 aromatic heterocycles. The van der Waals surface area contributed by atoms with Gasteiger partial charge in [-0.2, -0.15) is 0 Å². The van der Waals surface area contributed by atoms with E-state index in [4.69, 9.17) is 0 Å². The second-order valence-corrected chi connectivity index (χ2v) is 7.30. The topological polar surface area (TPSA) is 33.3 Å². The summed E-state index contributed by atoms with van der Waals surface area (Å²) in [4.78, 5) is 24.0. The van der Waals surface area contributed by atoms with E-state index in [1.807, 2.05) is 11.9 Å². The highest BCUT2D eigenvalue weighted by atomic mass is 16.2. The van der Waals surface area contributed by atoms with Crippen molar-refractivity contribution in [3.8, 4) is 0 Å². The molecule has 3 fully saturated rings. The molecule has 0 aromatic rings. The molecule has 3 rings (SSSR count). The second kappa shape index (κ2) is 6.83. The van der Waals surface area contributed by atoms with Gasteiger partial charge in [-0.15, -0.1) is 0 Å². The maximum absolute atomic E-state index is 12.3. The van der Waals surface area contributed by atoms with E-state index in [1.54, 1.807) is 0 Å². The third-order valence-electron chi connectivity index (χ3n) is 5.72. The zero-order valence-electron chi connectivity index (χ0n) is 14.4.